The second kappa shape index (κ2) is 5.78. The van der Waals surface area contributed by atoms with Crippen LogP contribution in [0.15, 0.2) is 18.2 Å². The van der Waals surface area contributed by atoms with Crippen LogP contribution in [0.25, 0.3) is 0 Å². The van der Waals surface area contributed by atoms with E-state index in [9.17, 15) is 22.4 Å². The first-order valence-electron chi connectivity index (χ1n) is 7.58. The number of halogens is 4. The number of rotatable bonds is 2. The zero-order valence-corrected chi connectivity index (χ0v) is 12.7. The number of hydrogen-bond donors (Lipinski definition) is 0. The molecule has 2 aliphatic rings. The molecular weight excluding hydrogens is 312 g/mol. The van der Waals surface area contributed by atoms with Crippen LogP contribution < -0.4 is 0 Å². The van der Waals surface area contributed by atoms with Crippen LogP contribution in [-0.2, 0) is 17.5 Å². The molecule has 1 aromatic rings. The number of piperidine rings is 1. The van der Waals surface area contributed by atoms with E-state index >= 15 is 0 Å². The van der Waals surface area contributed by atoms with Crippen molar-refractivity contribution in [2.45, 2.75) is 19.1 Å². The summed E-state index contributed by atoms with van der Waals surface area (Å²) in [5.41, 5.74) is -0.747. The minimum Gasteiger partial charge on any atom is -0.345 e. The molecule has 0 aliphatic carbocycles. The Balaban J connectivity index is 1.70. The SMILES string of the molecule is CN1CC[C@@H]2CN(Cc3ccc(C(F)(F)F)cc3F)C[C@@H]2C1=O. The minimum absolute atomic E-state index is 0.0775. The topological polar surface area (TPSA) is 23.6 Å². The molecule has 2 aliphatic heterocycles. The van der Waals surface area contributed by atoms with Gasteiger partial charge in [0, 0.05) is 38.8 Å². The van der Waals surface area contributed by atoms with Gasteiger partial charge in [0.2, 0.25) is 5.91 Å². The van der Waals surface area contributed by atoms with Gasteiger partial charge in [0.05, 0.1) is 11.5 Å². The lowest BCUT2D eigenvalue weighted by Gasteiger charge is -2.30. The molecule has 2 fully saturated rings. The van der Waals surface area contributed by atoms with Gasteiger partial charge in [0.15, 0.2) is 0 Å². The van der Waals surface area contributed by atoms with Gasteiger partial charge in [0.25, 0.3) is 0 Å². The molecule has 2 atom stereocenters. The first-order chi connectivity index (χ1) is 10.8. The van der Waals surface area contributed by atoms with E-state index in [0.29, 0.717) is 19.2 Å². The molecule has 126 valence electrons. The number of amides is 1. The number of benzene rings is 1. The lowest BCUT2D eigenvalue weighted by atomic mass is 9.88. The number of likely N-dealkylation sites (tertiary alicyclic amines) is 2. The zero-order valence-electron chi connectivity index (χ0n) is 12.7. The van der Waals surface area contributed by atoms with E-state index in [0.717, 1.165) is 19.0 Å². The second-order valence-electron chi connectivity index (χ2n) is 6.41. The van der Waals surface area contributed by atoms with Gasteiger partial charge in [-0.1, -0.05) is 6.07 Å². The van der Waals surface area contributed by atoms with E-state index in [1.54, 1.807) is 11.9 Å². The van der Waals surface area contributed by atoms with Crippen molar-refractivity contribution in [3.63, 3.8) is 0 Å². The molecule has 0 bridgehead atoms. The second-order valence-corrected chi connectivity index (χ2v) is 6.41. The Morgan fingerprint density at radius 1 is 1.26 bits per heavy atom. The molecule has 0 spiro atoms. The number of carbonyl (C=O) groups excluding carboxylic acids is 1. The molecule has 3 nitrogen and oxygen atoms in total. The van der Waals surface area contributed by atoms with Gasteiger partial charge in [-0.2, -0.15) is 13.2 Å². The van der Waals surface area contributed by atoms with E-state index < -0.39 is 17.6 Å². The summed E-state index contributed by atoms with van der Waals surface area (Å²) in [5.74, 6) is -0.558. The zero-order chi connectivity index (χ0) is 16.8. The molecule has 0 N–H and O–H groups in total. The molecule has 0 saturated carbocycles. The number of alkyl halides is 3. The summed E-state index contributed by atoms with van der Waals surface area (Å²) < 4.78 is 51.6. The van der Waals surface area contributed by atoms with Crippen LogP contribution in [0.2, 0.25) is 0 Å². The van der Waals surface area contributed by atoms with E-state index in [-0.39, 0.29) is 29.9 Å². The summed E-state index contributed by atoms with van der Waals surface area (Å²) in [5, 5.41) is 0. The smallest absolute Gasteiger partial charge is 0.345 e. The Morgan fingerprint density at radius 2 is 2.00 bits per heavy atom. The summed E-state index contributed by atoms with van der Waals surface area (Å²) in [6.07, 6.45) is -3.63. The molecule has 3 rings (SSSR count). The Bertz CT molecular complexity index is 617. The molecule has 2 saturated heterocycles. The van der Waals surface area contributed by atoms with Crippen LogP contribution in [0.5, 0.6) is 0 Å². The summed E-state index contributed by atoms with van der Waals surface area (Å²) in [6.45, 7) is 2.18. The third kappa shape index (κ3) is 3.20. The fourth-order valence-corrected chi connectivity index (χ4v) is 3.51. The number of hydrogen-bond acceptors (Lipinski definition) is 2. The molecule has 23 heavy (non-hydrogen) atoms. The minimum atomic E-state index is -4.54. The van der Waals surface area contributed by atoms with E-state index in [2.05, 4.69) is 0 Å². The summed E-state index contributed by atoms with van der Waals surface area (Å²) in [7, 11) is 1.77. The molecule has 1 amide bonds. The van der Waals surface area contributed by atoms with Crippen LogP contribution in [-0.4, -0.2) is 42.4 Å². The maximum absolute atomic E-state index is 13.9. The van der Waals surface area contributed by atoms with E-state index in [1.807, 2.05) is 4.90 Å². The van der Waals surface area contributed by atoms with Gasteiger partial charge < -0.3 is 4.90 Å². The third-order valence-electron chi connectivity index (χ3n) is 4.82. The molecule has 0 radical (unpaired) electrons. The van der Waals surface area contributed by atoms with Gasteiger partial charge in [-0.15, -0.1) is 0 Å². The third-order valence-corrected chi connectivity index (χ3v) is 4.82. The van der Waals surface area contributed by atoms with Gasteiger partial charge in [-0.3, -0.25) is 9.69 Å². The lowest BCUT2D eigenvalue weighted by molar-refractivity contribution is -0.138. The molecular formula is C16H18F4N2O. The first-order valence-corrected chi connectivity index (χ1v) is 7.58. The molecule has 0 unspecified atom stereocenters. The highest BCUT2D eigenvalue weighted by Crippen LogP contribution is 2.34. The van der Waals surface area contributed by atoms with Crippen LogP contribution in [0.3, 0.4) is 0 Å². The Hall–Kier alpha value is -1.63. The van der Waals surface area contributed by atoms with Gasteiger partial charge >= 0.3 is 6.18 Å². The average Bonchev–Trinajstić information content (AvgIpc) is 2.88. The fourth-order valence-electron chi connectivity index (χ4n) is 3.51. The lowest BCUT2D eigenvalue weighted by Crippen LogP contribution is -2.42. The van der Waals surface area contributed by atoms with Crippen molar-refractivity contribution in [2.24, 2.45) is 11.8 Å². The van der Waals surface area contributed by atoms with E-state index in [1.165, 1.54) is 6.07 Å². The van der Waals surface area contributed by atoms with Crippen molar-refractivity contribution in [2.75, 3.05) is 26.7 Å². The van der Waals surface area contributed by atoms with E-state index in [4.69, 9.17) is 0 Å². The monoisotopic (exact) mass is 330 g/mol. The first kappa shape index (κ1) is 16.2. The molecule has 2 heterocycles. The summed E-state index contributed by atoms with van der Waals surface area (Å²) >= 11 is 0. The number of carbonyl (C=O) groups is 1. The van der Waals surface area contributed by atoms with Gasteiger partial charge in [0.1, 0.15) is 5.82 Å². The Morgan fingerprint density at radius 3 is 2.65 bits per heavy atom. The Labute approximate surface area is 131 Å². The Kier molecular flexibility index (Phi) is 4.08. The van der Waals surface area contributed by atoms with Crippen LogP contribution in [0.1, 0.15) is 17.5 Å². The van der Waals surface area contributed by atoms with Crippen molar-refractivity contribution in [3.8, 4) is 0 Å². The largest absolute Gasteiger partial charge is 0.416 e. The van der Waals surface area contributed by atoms with Crippen LogP contribution >= 0.6 is 0 Å². The molecule has 0 aromatic heterocycles. The fraction of sp³-hybridized carbons (Fsp3) is 0.562. The maximum Gasteiger partial charge on any atom is 0.416 e. The van der Waals surface area contributed by atoms with Crippen molar-refractivity contribution in [1.29, 1.82) is 0 Å². The average molecular weight is 330 g/mol. The number of nitrogens with zero attached hydrogens (tertiary/aromatic N) is 2. The predicted molar refractivity (Wildman–Crippen MR) is 75.9 cm³/mol. The van der Waals surface area contributed by atoms with Gasteiger partial charge in [-0.25, -0.2) is 4.39 Å². The van der Waals surface area contributed by atoms with Crippen LogP contribution in [0, 0.1) is 17.7 Å². The normalized spacial score (nSPS) is 25.8. The molecule has 1 aromatic carbocycles. The van der Waals surface area contributed by atoms with Gasteiger partial charge in [-0.05, 0) is 24.5 Å². The van der Waals surface area contributed by atoms with Crippen molar-refractivity contribution >= 4 is 5.91 Å². The predicted octanol–water partition coefficient (Wildman–Crippen LogP) is 2.75. The maximum atomic E-state index is 13.9. The standard InChI is InChI=1S/C16H18F4N2O/c1-21-5-4-10-7-22(9-13(10)15(21)23)8-11-2-3-12(6-14(11)17)16(18,19)20/h2-3,6,10,13H,4-5,7-9H2,1H3/t10-,13+/m1/s1. The summed E-state index contributed by atoms with van der Waals surface area (Å²) in [4.78, 5) is 15.8. The van der Waals surface area contributed by atoms with Crippen LogP contribution in [0.4, 0.5) is 17.6 Å². The molecule has 7 heteroatoms. The quantitative estimate of drug-likeness (QED) is 0.779. The highest BCUT2D eigenvalue weighted by Gasteiger charge is 2.41. The van der Waals surface area contributed by atoms with Crippen molar-refractivity contribution in [3.05, 3.63) is 35.1 Å². The highest BCUT2D eigenvalue weighted by molar-refractivity contribution is 5.80. The summed E-state index contributed by atoms with van der Waals surface area (Å²) in [6, 6.07) is 2.63. The van der Waals surface area contributed by atoms with Crippen molar-refractivity contribution < 1.29 is 22.4 Å². The van der Waals surface area contributed by atoms with Crippen molar-refractivity contribution in [1.82, 2.24) is 9.80 Å². The highest BCUT2D eigenvalue weighted by atomic mass is 19.4. The number of fused-ring (bicyclic) bond motifs is 1.